The highest BCUT2D eigenvalue weighted by atomic mass is 32.1. The number of aromatic nitrogens is 1. The summed E-state index contributed by atoms with van der Waals surface area (Å²) in [6.07, 6.45) is 11.9. The second-order valence-corrected chi connectivity index (χ2v) is 19.5. The molecule has 11 nitrogen and oxygen atoms in total. The maximum absolute atomic E-state index is 15.2. The molecular weight excluding hydrogens is 787 g/mol. The number of hydrazine groups is 1. The number of nitrogens with zero attached hydrogens (tertiary/aromatic N) is 5. The van der Waals surface area contributed by atoms with Gasteiger partial charge in [0.1, 0.15) is 5.57 Å². The summed E-state index contributed by atoms with van der Waals surface area (Å²) in [6.45, 7) is 26.2. The standard InChI is InChI=1S/C49H73N5O6S/c1-14-19-25-35(17-4)31-51(32-36(18-5)26-20-15-2)47-50-42(48(8,9)10)40(61-47)30-39-38(29-21-16-3)41(45(59)52(33(6)55)49(11,12)13)46(60)54(44(39)58)53(34(7)56)43(57)37-27-23-22-24-28-37/h22-24,27-28,30,35-36H,14-21,25-26,29,31-32H2,1-13H3/b39-30-. The highest BCUT2D eigenvalue weighted by Gasteiger charge is 2.48. The van der Waals surface area contributed by atoms with Crippen LogP contribution in [0.1, 0.15) is 182 Å². The molecular formula is C49H73N5O6S. The first-order valence-corrected chi connectivity index (χ1v) is 23.3. The smallest absolute Gasteiger partial charge is 0.286 e. The van der Waals surface area contributed by atoms with Crippen LogP contribution >= 0.6 is 11.3 Å². The predicted molar refractivity (Wildman–Crippen MR) is 247 cm³/mol. The van der Waals surface area contributed by atoms with Gasteiger partial charge in [-0.2, -0.15) is 10.0 Å². The lowest BCUT2D eigenvalue weighted by Crippen LogP contribution is -2.60. The third kappa shape index (κ3) is 12.8. The van der Waals surface area contributed by atoms with Gasteiger partial charge in [-0.3, -0.25) is 33.7 Å². The Kier molecular flexibility index (Phi) is 18.8. The third-order valence-electron chi connectivity index (χ3n) is 11.3. The van der Waals surface area contributed by atoms with E-state index in [1.54, 1.807) is 45.0 Å². The summed E-state index contributed by atoms with van der Waals surface area (Å²) in [6, 6.07) is 7.89. The van der Waals surface area contributed by atoms with E-state index in [0.29, 0.717) is 39.6 Å². The van der Waals surface area contributed by atoms with Crippen LogP contribution in [0.2, 0.25) is 0 Å². The van der Waals surface area contributed by atoms with Gasteiger partial charge in [0.25, 0.3) is 23.6 Å². The minimum atomic E-state index is -1.14. The van der Waals surface area contributed by atoms with E-state index in [0.717, 1.165) is 87.1 Å². The Bertz CT molecular complexity index is 1920. The summed E-state index contributed by atoms with van der Waals surface area (Å²) in [5.41, 5.74) is -0.993. The monoisotopic (exact) mass is 860 g/mol. The van der Waals surface area contributed by atoms with Crippen LogP contribution in [0.25, 0.3) is 6.08 Å². The van der Waals surface area contributed by atoms with E-state index in [-0.39, 0.29) is 23.1 Å². The van der Waals surface area contributed by atoms with Gasteiger partial charge in [-0.15, -0.1) is 0 Å². The van der Waals surface area contributed by atoms with E-state index >= 15 is 4.79 Å². The Balaban J connectivity index is 2.50. The number of thiazole rings is 1. The molecule has 1 aliphatic rings. The molecule has 0 N–H and O–H groups in total. The SMILES string of the molecule is CCCCC1=C(C(=O)N(C(C)=O)C(C)(C)C)C(=O)N(N(C(C)=O)C(=O)c2ccccc2)C(=O)/C1=C\c1sc(N(CC(CC)CCCC)CC(CC)CCCC)nc1C(C)(C)C. The highest BCUT2D eigenvalue weighted by molar-refractivity contribution is 7.16. The Morgan fingerprint density at radius 2 is 1.30 bits per heavy atom. The van der Waals surface area contributed by atoms with Crippen molar-refractivity contribution < 1.29 is 28.8 Å². The minimum Gasteiger partial charge on any atom is -0.348 e. The molecule has 1 aromatic carbocycles. The molecule has 2 atom stereocenters. The van der Waals surface area contributed by atoms with Crippen LogP contribution in [0.3, 0.4) is 0 Å². The van der Waals surface area contributed by atoms with Crippen molar-refractivity contribution in [1.82, 2.24) is 19.9 Å². The van der Waals surface area contributed by atoms with E-state index in [1.165, 1.54) is 30.4 Å². The molecule has 3 rings (SSSR count). The van der Waals surface area contributed by atoms with Crippen LogP contribution in [0.5, 0.6) is 0 Å². The lowest BCUT2D eigenvalue weighted by molar-refractivity contribution is -0.164. The maximum atomic E-state index is 15.2. The molecule has 0 radical (unpaired) electrons. The summed E-state index contributed by atoms with van der Waals surface area (Å²) < 4.78 is 0. The molecule has 0 spiro atoms. The van der Waals surface area contributed by atoms with Gasteiger partial charge >= 0.3 is 0 Å². The largest absolute Gasteiger partial charge is 0.348 e. The predicted octanol–water partition coefficient (Wildman–Crippen LogP) is 10.7. The molecule has 2 heterocycles. The lowest BCUT2D eigenvalue weighted by atomic mass is 9.86. The van der Waals surface area contributed by atoms with Crippen molar-refractivity contribution in [3.8, 4) is 0 Å². The number of amides is 6. The normalized spacial score (nSPS) is 15.3. The van der Waals surface area contributed by atoms with Crippen LogP contribution in [-0.4, -0.2) is 74.0 Å². The molecule has 0 bridgehead atoms. The molecule has 1 aliphatic heterocycles. The van der Waals surface area contributed by atoms with Crippen molar-refractivity contribution in [3.63, 3.8) is 0 Å². The van der Waals surface area contributed by atoms with Gasteiger partial charge in [0.15, 0.2) is 5.13 Å². The minimum absolute atomic E-state index is 0.00284. The summed E-state index contributed by atoms with van der Waals surface area (Å²) in [7, 11) is 0. The molecule has 0 fully saturated rings. The van der Waals surface area contributed by atoms with Crippen molar-refractivity contribution in [2.24, 2.45) is 11.8 Å². The summed E-state index contributed by atoms with van der Waals surface area (Å²) >= 11 is 1.48. The number of unbranched alkanes of at least 4 members (excludes halogenated alkanes) is 3. The second kappa shape index (κ2) is 22.6. The molecule has 0 saturated carbocycles. The van der Waals surface area contributed by atoms with Crippen LogP contribution in [-0.2, 0) is 29.4 Å². The van der Waals surface area contributed by atoms with E-state index in [4.69, 9.17) is 4.98 Å². The molecule has 61 heavy (non-hydrogen) atoms. The number of carbonyl (C=O) groups excluding carboxylic acids is 6. The zero-order valence-corrected chi connectivity index (χ0v) is 40.2. The number of imide groups is 3. The van der Waals surface area contributed by atoms with E-state index in [9.17, 15) is 24.0 Å². The van der Waals surface area contributed by atoms with Crippen LogP contribution in [0.15, 0.2) is 47.1 Å². The van der Waals surface area contributed by atoms with E-state index in [2.05, 4.69) is 53.4 Å². The Hall–Kier alpha value is -4.45. The van der Waals surface area contributed by atoms with Crippen molar-refractivity contribution >= 4 is 58.0 Å². The molecule has 0 saturated heterocycles. The fourth-order valence-electron chi connectivity index (χ4n) is 7.89. The van der Waals surface area contributed by atoms with Crippen molar-refractivity contribution in [3.05, 3.63) is 63.2 Å². The Labute approximate surface area is 370 Å². The first-order valence-electron chi connectivity index (χ1n) is 22.5. The van der Waals surface area contributed by atoms with Gasteiger partial charge in [-0.25, -0.2) is 4.98 Å². The van der Waals surface area contributed by atoms with E-state index < -0.39 is 52.0 Å². The number of hydrogen-bond acceptors (Lipinski definition) is 9. The average molecular weight is 860 g/mol. The Morgan fingerprint density at radius 3 is 1.74 bits per heavy atom. The van der Waals surface area contributed by atoms with Gasteiger partial charge in [0, 0.05) is 49.0 Å². The van der Waals surface area contributed by atoms with Gasteiger partial charge in [0.05, 0.1) is 10.6 Å². The molecule has 2 unspecified atom stereocenters. The lowest BCUT2D eigenvalue weighted by Gasteiger charge is -2.39. The molecule has 12 heteroatoms. The highest BCUT2D eigenvalue weighted by Crippen LogP contribution is 2.40. The summed E-state index contributed by atoms with van der Waals surface area (Å²) in [5.74, 6) is -4.43. The molecule has 2 aromatic rings. The van der Waals surface area contributed by atoms with Crippen molar-refractivity contribution in [1.29, 1.82) is 0 Å². The number of carbonyl (C=O) groups is 6. The van der Waals surface area contributed by atoms with E-state index in [1.807, 2.05) is 6.92 Å². The molecule has 0 aliphatic carbocycles. The van der Waals surface area contributed by atoms with Gasteiger partial charge in [0.2, 0.25) is 11.8 Å². The fourth-order valence-corrected chi connectivity index (χ4v) is 9.13. The summed E-state index contributed by atoms with van der Waals surface area (Å²) in [4.78, 5) is 95.3. The van der Waals surface area contributed by atoms with Gasteiger partial charge in [-0.05, 0) is 82.1 Å². The zero-order chi connectivity index (χ0) is 45.8. The fraction of sp³-hybridized carbons (Fsp3) is 0.612. The Morgan fingerprint density at radius 1 is 0.754 bits per heavy atom. The third-order valence-corrected chi connectivity index (χ3v) is 12.4. The van der Waals surface area contributed by atoms with Crippen LogP contribution < -0.4 is 4.90 Å². The summed E-state index contributed by atoms with van der Waals surface area (Å²) in [5, 5.41) is 1.85. The quantitative estimate of drug-likeness (QED) is 0.0731. The molecule has 1 aromatic heterocycles. The van der Waals surface area contributed by atoms with Crippen LogP contribution in [0, 0.1) is 11.8 Å². The topological polar surface area (TPSA) is 128 Å². The zero-order valence-electron chi connectivity index (χ0n) is 39.4. The number of benzene rings is 1. The maximum Gasteiger partial charge on any atom is 0.286 e. The second-order valence-electron chi connectivity index (χ2n) is 18.5. The van der Waals surface area contributed by atoms with Crippen LogP contribution in [0.4, 0.5) is 5.13 Å². The first kappa shape index (κ1) is 50.9. The first-order chi connectivity index (χ1) is 28.7. The van der Waals surface area contributed by atoms with Crippen molar-refractivity contribution in [2.75, 3.05) is 18.0 Å². The molecule has 336 valence electrons. The number of hydrogen-bond donors (Lipinski definition) is 0. The average Bonchev–Trinajstić information content (AvgIpc) is 3.63. The molecule has 6 amide bonds. The number of anilines is 1. The van der Waals surface area contributed by atoms with Crippen molar-refractivity contribution in [2.45, 2.75) is 172 Å². The van der Waals surface area contributed by atoms with Gasteiger partial charge < -0.3 is 4.90 Å². The number of rotatable bonds is 20. The van der Waals surface area contributed by atoms with Gasteiger partial charge in [-0.1, -0.05) is 130 Å².